The lowest BCUT2D eigenvalue weighted by atomic mass is 10.1. The van der Waals surface area contributed by atoms with Crippen molar-refractivity contribution in [2.24, 2.45) is 0 Å². The normalized spacial score (nSPS) is 10.6. The number of thiazole rings is 1. The third-order valence-electron chi connectivity index (χ3n) is 4.52. The van der Waals surface area contributed by atoms with Gasteiger partial charge in [0.15, 0.2) is 5.13 Å². The summed E-state index contributed by atoms with van der Waals surface area (Å²) in [6.07, 6.45) is 1.66. The summed E-state index contributed by atoms with van der Waals surface area (Å²) < 4.78 is 0. The molecule has 0 aliphatic heterocycles. The van der Waals surface area contributed by atoms with Crippen LogP contribution in [0.4, 0.5) is 10.9 Å². The molecular formula is C24H23Cl2N3O2S2. The molecular weight excluding hydrogens is 497 g/mol. The lowest BCUT2D eigenvalue weighted by molar-refractivity contribution is 0.0697. The number of anilines is 2. The summed E-state index contributed by atoms with van der Waals surface area (Å²) in [6.45, 7) is 8.16. The van der Waals surface area contributed by atoms with Gasteiger partial charge >= 0.3 is 5.97 Å². The maximum absolute atomic E-state index is 11.9. The van der Waals surface area contributed by atoms with E-state index >= 15 is 0 Å². The average Bonchev–Trinajstić information content (AvgIpc) is 3.48. The summed E-state index contributed by atoms with van der Waals surface area (Å²) in [6, 6.07) is 10.9. The molecule has 0 saturated carbocycles. The summed E-state index contributed by atoms with van der Waals surface area (Å²) >= 11 is 15.2. The van der Waals surface area contributed by atoms with Crippen LogP contribution in [0.1, 0.15) is 48.8 Å². The van der Waals surface area contributed by atoms with Gasteiger partial charge in [-0.2, -0.15) is 0 Å². The van der Waals surface area contributed by atoms with Crippen molar-refractivity contribution in [1.82, 2.24) is 9.97 Å². The minimum absolute atomic E-state index is 0.0864. The fourth-order valence-corrected chi connectivity index (χ4v) is 5.03. The van der Waals surface area contributed by atoms with Crippen LogP contribution in [-0.4, -0.2) is 21.0 Å². The average molecular weight is 521 g/mol. The van der Waals surface area contributed by atoms with E-state index in [1.54, 1.807) is 24.4 Å². The van der Waals surface area contributed by atoms with Gasteiger partial charge in [0.05, 0.1) is 15.7 Å². The lowest BCUT2D eigenvalue weighted by Gasteiger charge is -2.07. The molecule has 0 radical (unpaired) electrons. The first-order valence-corrected chi connectivity index (χ1v) is 12.8. The van der Waals surface area contributed by atoms with Gasteiger partial charge in [0.1, 0.15) is 11.4 Å². The zero-order valence-corrected chi connectivity index (χ0v) is 21.7. The molecule has 0 aliphatic carbocycles. The Morgan fingerprint density at radius 2 is 1.85 bits per heavy atom. The van der Waals surface area contributed by atoms with E-state index in [-0.39, 0.29) is 17.3 Å². The van der Waals surface area contributed by atoms with Crippen molar-refractivity contribution >= 4 is 62.8 Å². The van der Waals surface area contributed by atoms with Gasteiger partial charge in [-0.3, -0.25) is 0 Å². The van der Waals surface area contributed by atoms with Crippen LogP contribution in [0.5, 0.6) is 0 Å². The van der Waals surface area contributed by atoms with Crippen LogP contribution in [0, 0.1) is 0 Å². The Bertz CT molecular complexity index is 1250. The first-order valence-electron chi connectivity index (χ1n) is 10.3. The van der Waals surface area contributed by atoms with Crippen LogP contribution in [0.2, 0.25) is 10.0 Å². The molecule has 0 aliphatic rings. The van der Waals surface area contributed by atoms with Gasteiger partial charge in [0.2, 0.25) is 0 Å². The molecule has 1 aromatic carbocycles. The van der Waals surface area contributed by atoms with E-state index in [1.807, 2.05) is 37.4 Å². The number of aromatic carboxylic acids is 1. The first-order chi connectivity index (χ1) is 15.8. The largest absolute Gasteiger partial charge is 0.478 e. The number of pyridine rings is 1. The molecule has 0 saturated heterocycles. The van der Waals surface area contributed by atoms with Crippen LogP contribution in [0.25, 0.3) is 21.7 Å². The van der Waals surface area contributed by atoms with Crippen molar-refractivity contribution in [2.45, 2.75) is 33.6 Å². The van der Waals surface area contributed by atoms with Crippen LogP contribution >= 0.6 is 45.9 Å². The molecule has 5 nitrogen and oxygen atoms in total. The molecule has 0 unspecified atom stereocenters. The Morgan fingerprint density at radius 3 is 2.45 bits per heavy atom. The third-order valence-corrected chi connectivity index (χ3v) is 7.45. The fourth-order valence-electron chi connectivity index (χ4n) is 3.03. The Labute approximate surface area is 211 Å². The zero-order valence-electron chi connectivity index (χ0n) is 18.5. The summed E-state index contributed by atoms with van der Waals surface area (Å²) in [4.78, 5) is 23.0. The number of thiophene rings is 1. The van der Waals surface area contributed by atoms with Gasteiger partial charge in [-0.15, -0.1) is 22.7 Å². The standard InChI is InChI=1S/C22H17Cl2N3O2S2.C2H6/c1-11(2)19-18(12-5-6-15(23)16(24)9-12)26-22(31-19)27-20-14(21(28)29)8-13(10-25-20)17-4-3-7-30-17;1-2/h3-11H,1-2H3,(H,28,29)(H,25,26,27);1-2H3. The number of carboxylic acid groups (broad SMARTS) is 1. The third kappa shape index (κ3) is 5.73. The minimum atomic E-state index is -1.06. The van der Waals surface area contributed by atoms with Crippen LogP contribution < -0.4 is 5.32 Å². The van der Waals surface area contributed by atoms with E-state index < -0.39 is 5.97 Å². The Balaban J connectivity index is 0.00000149. The van der Waals surface area contributed by atoms with E-state index in [2.05, 4.69) is 24.1 Å². The number of halogens is 2. The fraction of sp³-hybridized carbons (Fsp3) is 0.208. The highest BCUT2D eigenvalue weighted by Crippen LogP contribution is 2.39. The minimum Gasteiger partial charge on any atom is -0.478 e. The SMILES string of the molecule is CC.CC(C)c1sc(Nc2ncc(-c3cccs3)cc2C(=O)O)nc1-c1ccc(Cl)c(Cl)c1. The van der Waals surface area contributed by atoms with Crippen molar-refractivity contribution in [1.29, 1.82) is 0 Å². The highest BCUT2D eigenvalue weighted by atomic mass is 35.5. The highest BCUT2D eigenvalue weighted by molar-refractivity contribution is 7.16. The van der Waals surface area contributed by atoms with E-state index in [1.165, 1.54) is 22.7 Å². The number of rotatable bonds is 6. The topological polar surface area (TPSA) is 75.1 Å². The molecule has 4 rings (SSSR count). The predicted octanol–water partition coefficient (Wildman–Crippen LogP) is 8.83. The molecule has 0 bridgehead atoms. The second-order valence-corrected chi connectivity index (χ2v) is 9.84. The number of nitrogens with one attached hydrogen (secondary N) is 1. The highest BCUT2D eigenvalue weighted by Gasteiger charge is 2.20. The van der Waals surface area contributed by atoms with Crippen molar-refractivity contribution in [3.05, 3.63) is 68.5 Å². The molecule has 2 N–H and O–H groups in total. The maximum Gasteiger partial charge on any atom is 0.339 e. The second kappa shape index (κ2) is 11.1. The van der Waals surface area contributed by atoms with E-state index in [9.17, 15) is 9.90 Å². The molecule has 4 aromatic rings. The Morgan fingerprint density at radius 1 is 1.09 bits per heavy atom. The second-order valence-electron chi connectivity index (χ2n) is 7.04. The number of carbonyl (C=O) groups is 1. The number of hydrogen-bond donors (Lipinski definition) is 2. The van der Waals surface area contributed by atoms with Gasteiger partial charge in [0, 0.05) is 27.1 Å². The van der Waals surface area contributed by atoms with Crippen LogP contribution in [-0.2, 0) is 0 Å². The molecule has 3 heterocycles. The van der Waals surface area contributed by atoms with E-state index in [0.717, 1.165) is 26.6 Å². The van der Waals surface area contributed by atoms with E-state index in [4.69, 9.17) is 28.2 Å². The van der Waals surface area contributed by atoms with Crippen molar-refractivity contribution in [2.75, 3.05) is 5.32 Å². The van der Waals surface area contributed by atoms with Gasteiger partial charge in [0.25, 0.3) is 0 Å². The van der Waals surface area contributed by atoms with Crippen LogP contribution in [0.15, 0.2) is 48.0 Å². The summed E-state index contributed by atoms with van der Waals surface area (Å²) in [5.74, 6) is -0.595. The molecule has 0 amide bonds. The monoisotopic (exact) mass is 519 g/mol. The van der Waals surface area contributed by atoms with Gasteiger partial charge in [-0.25, -0.2) is 14.8 Å². The molecule has 33 heavy (non-hydrogen) atoms. The number of carboxylic acids is 1. The molecule has 0 fully saturated rings. The lowest BCUT2D eigenvalue weighted by Crippen LogP contribution is -2.05. The van der Waals surface area contributed by atoms with Crippen molar-refractivity contribution < 1.29 is 9.90 Å². The molecule has 172 valence electrons. The molecule has 0 spiro atoms. The molecule has 3 aromatic heterocycles. The Kier molecular flexibility index (Phi) is 8.48. The number of aromatic nitrogens is 2. The maximum atomic E-state index is 11.9. The number of benzene rings is 1. The van der Waals surface area contributed by atoms with Crippen molar-refractivity contribution in [3.63, 3.8) is 0 Å². The van der Waals surface area contributed by atoms with E-state index in [0.29, 0.717) is 15.2 Å². The first kappa shape index (κ1) is 25.2. The molecule has 0 atom stereocenters. The summed E-state index contributed by atoms with van der Waals surface area (Å²) in [5.41, 5.74) is 2.48. The van der Waals surface area contributed by atoms with Crippen molar-refractivity contribution in [3.8, 4) is 21.7 Å². The number of hydrogen-bond acceptors (Lipinski definition) is 6. The summed E-state index contributed by atoms with van der Waals surface area (Å²) in [7, 11) is 0. The summed E-state index contributed by atoms with van der Waals surface area (Å²) in [5, 5.41) is 16.3. The smallest absolute Gasteiger partial charge is 0.339 e. The van der Waals surface area contributed by atoms with Crippen LogP contribution in [0.3, 0.4) is 0 Å². The number of nitrogens with zero attached hydrogens (tertiary/aromatic N) is 2. The quantitative estimate of drug-likeness (QED) is 0.266. The Hall–Kier alpha value is -2.45. The van der Waals surface area contributed by atoms with Gasteiger partial charge in [-0.05, 0) is 35.6 Å². The van der Waals surface area contributed by atoms with Gasteiger partial charge in [-0.1, -0.05) is 63.0 Å². The predicted molar refractivity (Wildman–Crippen MR) is 141 cm³/mol. The zero-order chi connectivity index (χ0) is 24.1. The van der Waals surface area contributed by atoms with Gasteiger partial charge < -0.3 is 10.4 Å². The molecule has 9 heteroatoms.